The predicted octanol–water partition coefficient (Wildman–Crippen LogP) is 10.8. The minimum Gasteiger partial charge on any atom is -0.368 e. The van der Waals surface area contributed by atoms with Gasteiger partial charge in [0.25, 0.3) is 0 Å². The van der Waals surface area contributed by atoms with Gasteiger partial charge in [0.15, 0.2) is 0 Å². The Labute approximate surface area is 218 Å². The summed E-state index contributed by atoms with van der Waals surface area (Å²) in [6.45, 7) is 4.75. The predicted molar refractivity (Wildman–Crippen MR) is 162 cm³/mol. The van der Waals surface area contributed by atoms with E-state index in [2.05, 4.69) is 18.8 Å². The van der Waals surface area contributed by atoms with Crippen LogP contribution in [0.2, 0.25) is 12.6 Å². The Kier molecular flexibility index (Phi) is 31.5. The van der Waals surface area contributed by atoms with E-state index in [9.17, 15) is 0 Å². The van der Waals surface area contributed by atoms with Gasteiger partial charge in [0.1, 0.15) is 0 Å². The van der Waals surface area contributed by atoms with Crippen molar-refractivity contribution in [2.75, 3.05) is 0 Å². The maximum atomic E-state index is 2.92. The summed E-state index contributed by atoms with van der Waals surface area (Å²) < 4.78 is 0. The van der Waals surface area contributed by atoms with Gasteiger partial charge in [-0.05, 0) is 12.2 Å². The number of hydrogen-bond donors (Lipinski definition) is 1. The normalized spacial score (nSPS) is 12.6. The molecule has 1 heterocycles. The fraction of sp³-hybridized carbons (Fsp3) is 0.812. The van der Waals surface area contributed by atoms with Crippen molar-refractivity contribution in [3.05, 3.63) is 36.7 Å². The van der Waals surface area contributed by atoms with Gasteiger partial charge in [-0.1, -0.05) is 179 Å². The molecule has 1 nitrogen and oxygen atoms in total. The van der Waals surface area contributed by atoms with Crippen molar-refractivity contribution in [1.29, 1.82) is 0 Å². The summed E-state index contributed by atoms with van der Waals surface area (Å²) >= 11 is 0. The van der Waals surface area contributed by atoms with Crippen molar-refractivity contribution in [2.24, 2.45) is 0 Å². The molecule has 0 fully saturated rings. The van der Waals surface area contributed by atoms with Crippen LogP contribution in [-0.4, -0.2) is 9.52 Å². The maximum absolute atomic E-state index is 2.92. The first-order valence-electron chi connectivity index (χ1n) is 15.7. The molecule has 0 amide bonds. The second-order valence-corrected chi connectivity index (χ2v) is 12.1. The number of nitrogens with one attached hydrogen (secondary N) is 1. The number of allylic oxidation sites excluding steroid dienone is 4. The second kappa shape index (κ2) is 32.2. The van der Waals surface area contributed by atoms with Gasteiger partial charge < -0.3 is 5.32 Å². The number of hydrogen-bond acceptors (Lipinski definition) is 1. The second-order valence-electron chi connectivity index (χ2n) is 10.4. The van der Waals surface area contributed by atoms with Crippen LogP contribution in [0.5, 0.6) is 0 Å². The highest BCUT2D eigenvalue weighted by Crippen LogP contribution is 2.15. The molecule has 0 spiro atoms. The Morgan fingerprint density at radius 3 is 1.00 bits per heavy atom. The standard InChI is InChI=1S/C26H56Si.C6H7N/c1-3-4-5-6-7-8-9-10-11-12-13-14-15-16-17-18-19-20-21-22-23-24-25-26-27-2;1-2-4-6-7-5-3-1/h3-27H2,1-2H3;1-7H. The average molecular weight is 490 g/mol. The molecule has 2 heteroatoms. The highest BCUT2D eigenvalue weighted by Gasteiger charge is 1.96. The molecular formula is C32H63NSi. The zero-order valence-electron chi connectivity index (χ0n) is 23.6. The summed E-state index contributed by atoms with van der Waals surface area (Å²) in [4.78, 5) is 0. The Balaban J connectivity index is 0.00000131. The maximum Gasteiger partial charge on any atom is 0.0166 e. The smallest absolute Gasteiger partial charge is 0.0166 e. The first-order valence-corrected chi connectivity index (χ1v) is 18.1. The quantitative estimate of drug-likeness (QED) is 0.105. The lowest BCUT2D eigenvalue weighted by Gasteiger charge is -2.04. The van der Waals surface area contributed by atoms with Gasteiger partial charge in [0.05, 0.1) is 0 Å². The molecule has 0 saturated carbocycles. The molecule has 1 N–H and O–H groups in total. The summed E-state index contributed by atoms with van der Waals surface area (Å²) in [5.41, 5.74) is 0. The summed E-state index contributed by atoms with van der Waals surface area (Å²) in [5, 5.41) is 2.92. The molecule has 200 valence electrons. The van der Waals surface area contributed by atoms with Crippen molar-refractivity contribution >= 4 is 9.52 Å². The lowest BCUT2D eigenvalue weighted by molar-refractivity contribution is 0.519. The van der Waals surface area contributed by atoms with Crippen molar-refractivity contribution in [1.82, 2.24) is 5.32 Å². The van der Waals surface area contributed by atoms with Crippen molar-refractivity contribution in [3.63, 3.8) is 0 Å². The first kappa shape index (κ1) is 33.2. The number of rotatable bonds is 24. The minimum absolute atomic E-state index is 0.342. The topological polar surface area (TPSA) is 12.0 Å². The van der Waals surface area contributed by atoms with Crippen LogP contribution >= 0.6 is 0 Å². The third-order valence-electron chi connectivity index (χ3n) is 6.93. The lowest BCUT2D eigenvalue weighted by Crippen LogP contribution is -1.87. The molecule has 34 heavy (non-hydrogen) atoms. The molecule has 0 aromatic heterocycles. The molecule has 0 aromatic carbocycles. The molecule has 1 rings (SSSR count). The Morgan fingerprint density at radius 1 is 0.412 bits per heavy atom. The molecule has 0 bridgehead atoms. The van der Waals surface area contributed by atoms with Crippen LogP contribution in [0.3, 0.4) is 0 Å². The minimum atomic E-state index is 0.342. The first-order chi connectivity index (χ1) is 16.9. The van der Waals surface area contributed by atoms with Crippen molar-refractivity contribution in [2.45, 2.75) is 167 Å². The van der Waals surface area contributed by atoms with Gasteiger partial charge in [0.2, 0.25) is 0 Å². The van der Waals surface area contributed by atoms with E-state index in [0.717, 1.165) is 0 Å². The monoisotopic (exact) mass is 489 g/mol. The van der Waals surface area contributed by atoms with E-state index in [1.165, 1.54) is 148 Å². The Hall–Kier alpha value is -0.763. The van der Waals surface area contributed by atoms with E-state index in [0.29, 0.717) is 9.52 Å². The van der Waals surface area contributed by atoms with Gasteiger partial charge in [-0.25, -0.2) is 0 Å². The Bertz CT molecular complexity index is 402. The molecule has 0 radical (unpaired) electrons. The third-order valence-corrected chi connectivity index (χ3v) is 8.13. The summed E-state index contributed by atoms with van der Waals surface area (Å²) in [6.07, 6.45) is 45.8. The van der Waals surface area contributed by atoms with Gasteiger partial charge in [-0.15, -0.1) is 0 Å². The zero-order valence-corrected chi connectivity index (χ0v) is 25.1. The van der Waals surface area contributed by atoms with E-state index in [1.807, 2.05) is 36.7 Å². The van der Waals surface area contributed by atoms with Gasteiger partial charge in [0, 0.05) is 21.9 Å². The summed E-state index contributed by atoms with van der Waals surface area (Å²) in [7, 11) is 0.342. The van der Waals surface area contributed by atoms with Crippen LogP contribution < -0.4 is 5.32 Å². The van der Waals surface area contributed by atoms with Crippen LogP contribution in [0.25, 0.3) is 0 Å². The highest BCUT2D eigenvalue weighted by atomic mass is 28.2. The van der Waals surface area contributed by atoms with Crippen LogP contribution in [0.4, 0.5) is 0 Å². The lowest BCUT2D eigenvalue weighted by atomic mass is 10.0. The molecule has 0 saturated heterocycles. The molecular weight excluding hydrogens is 426 g/mol. The largest absolute Gasteiger partial charge is 0.368 e. The third kappa shape index (κ3) is 31.2. The van der Waals surface area contributed by atoms with Gasteiger partial charge in [-0.3, -0.25) is 0 Å². The average Bonchev–Trinajstić information content (AvgIpc) is 3.18. The Morgan fingerprint density at radius 2 is 0.706 bits per heavy atom. The van der Waals surface area contributed by atoms with Gasteiger partial charge in [-0.2, -0.15) is 0 Å². The van der Waals surface area contributed by atoms with Crippen molar-refractivity contribution in [3.8, 4) is 0 Å². The van der Waals surface area contributed by atoms with Gasteiger partial charge >= 0.3 is 0 Å². The molecule has 0 unspecified atom stereocenters. The fourth-order valence-corrected chi connectivity index (χ4v) is 5.47. The molecule has 0 aromatic rings. The molecule has 1 aliphatic rings. The van der Waals surface area contributed by atoms with E-state index in [1.54, 1.807) is 6.04 Å². The van der Waals surface area contributed by atoms with E-state index in [-0.39, 0.29) is 0 Å². The summed E-state index contributed by atoms with van der Waals surface area (Å²) in [6, 6.07) is 1.58. The van der Waals surface area contributed by atoms with Crippen molar-refractivity contribution < 1.29 is 0 Å². The van der Waals surface area contributed by atoms with E-state index in [4.69, 9.17) is 0 Å². The molecule has 0 atom stereocenters. The summed E-state index contributed by atoms with van der Waals surface area (Å²) in [5.74, 6) is 0. The zero-order chi connectivity index (χ0) is 24.6. The highest BCUT2D eigenvalue weighted by molar-refractivity contribution is 6.33. The fourth-order valence-electron chi connectivity index (χ4n) is 4.62. The SMILES string of the molecule is C1=CC=CNC=C1.CCCCCCCCCCCCCCCCCCCCCCCCC[SiH2]C. The van der Waals surface area contributed by atoms with Crippen LogP contribution in [0.1, 0.15) is 155 Å². The van der Waals surface area contributed by atoms with Crippen LogP contribution in [-0.2, 0) is 0 Å². The van der Waals surface area contributed by atoms with E-state index < -0.39 is 0 Å². The number of unbranched alkanes of at least 4 members (excludes halogenated alkanes) is 22. The van der Waals surface area contributed by atoms with E-state index >= 15 is 0 Å². The van der Waals surface area contributed by atoms with Crippen LogP contribution in [0, 0.1) is 0 Å². The van der Waals surface area contributed by atoms with Crippen LogP contribution in [0.15, 0.2) is 36.7 Å². The molecule has 1 aliphatic heterocycles. The molecule has 0 aliphatic carbocycles.